The first-order valence-corrected chi connectivity index (χ1v) is 4.80. The molecule has 1 amide bonds. The molecule has 0 atom stereocenters. The van der Waals surface area contributed by atoms with E-state index in [1.165, 1.54) is 0 Å². The molecule has 17 heavy (non-hydrogen) atoms. The van der Waals surface area contributed by atoms with Crippen molar-refractivity contribution in [1.29, 1.82) is 5.26 Å². The Balaban J connectivity index is 2.14. The number of nitriles is 1. The molecule has 0 aliphatic rings. The Bertz CT molecular complexity index is 580. The van der Waals surface area contributed by atoms with Crippen molar-refractivity contribution in [3.05, 3.63) is 47.1 Å². The van der Waals surface area contributed by atoms with Crippen LogP contribution in [0, 0.1) is 11.3 Å². The maximum Gasteiger partial charge on any atom is 0.290 e. The number of benzene rings is 1. The second-order valence-corrected chi connectivity index (χ2v) is 3.36. The topological polar surface area (TPSA) is 106 Å². The molecule has 1 aromatic carbocycles. The summed E-state index contributed by atoms with van der Waals surface area (Å²) in [6.45, 7) is 0. The van der Waals surface area contributed by atoms with Gasteiger partial charge >= 0.3 is 0 Å². The molecule has 0 bridgehead atoms. The zero-order valence-corrected chi connectivity index (χ0v) is 8.75. The summed E-state index contributed by atoms with van der Waals surface area (Å²) in [4.78, 5) is 14.6. The molecule has 84 valence electrons. The van der Waals surface area contributed by atoms with Crippen molar-refractivity contribution in [2.24, 2.45) is 5.73 Å². The fourth-order valence-corrected chi connectivity index (χ4v) is 1.30. The molecule has 0 unspecified atom stereocenters. The molecule has 0 aliphatic carbocycles. The van der Waals surface area contributed by atoms with Crippen LogP contribution in [0.25, 0.3) is 0 Å². The molecule has 2 N–H and O–H groups in total. The van der Waals surface area contributed by atoms with Gasteiger partial charge in [-0.15, -0.1) is 0 Å². The van der Waals surface area contributed by atoms with Gasteiger partial charge < -0.3 is 10.3 Å². The number of carbonyl (C=O) groups excluding carboxylic acids is 1. The lowest BCUT2D eigenvalue weighted by Crippen LogP contribution is -2.12. The summed E-state index contributed by atoms with van der Waals surface area (Å²) < 4.78 is 4.86. The molecule has 2 rings (SSSR count). The predicted molar refractivity (Wildman–Crippen MR) is 56.8 cm³/mol. The average Bonchev–Trinajstić information content (AvgIpc) is 2.79. The first-order chi connectivity index (χ1) is 8.19. The number of carbonyl (C=O) groups is 1. The van der Waals surface area contributed by atoms with Gasteiger partial charge in [-0.25, -0.2) is 0 Å². The molecule has 6 heteroatoms. The van der Waals surface area contributed by atoms with Crippen LogP contribution in [-0.4, -0.2) is 16.0 Å². The molecule has 0 saturated carbocycles. The Morgan fingerprint density at radius 1 is 1.41 bits per heavy atom. The van der Waals surface area contributed by atoms with Gasteiger partial charge in [-0.05, 0) is 17.7 Å². The Morgan fingerprint density at radius 3 is 2.65 bits per heavy atom. The van der Waals surface area contributed by atoms with Gasteiger partial charge in [0.2, 0.25) is 5.89 Å². The van der Waals surface area contributed by atoms with E-state index in [0.29, 0.717) is 17.9 Å². The van der Waals surface area contributed by atoms with Crippen LogP contribution in [0.3, 0.4) is 0 Å². The Kier molecular flexibility index (Phi) is 2.83. The lowest BCUT2D eigenvalue weighted by atomic mass is 10.1. The van der Waals surface area contributed by atoms with Crippen molar-refractivity contribution in [3.63, 3.8) is 0 Å². The van der Waals surface area contributed by atoms with E-state index in [9.17, 15) is 4.79 Å². The summed E-state index contributed by atoms with van der Waals surface area (Å²) in [5.74, 6) is -0.544. The molecule has 2 aromatic rings. The second-order valence-electron chi connectivity index (χ2n) is 3.36. The summed E-state index contributed by atoms with van der Waals surface area (Å²) in [7, 11) is 0. The van der Waals surface area contributed by atoms with Gasteiger partial charge in [0.05, 0.1) is 18.1 Å². The van der Waals surface area contributed by atoms with Crippen molar-refractivity contribution in [2.75, 3.05) is 0 Å². The summed E-state index contributed by atoms with van der Waals surface area (Å²) in [6.07, 6.45) is 0.395. The second kappa shape index (κ2) is 4.45. The standard InChI is InChI=1S/C11H8N4O2/c12-6-8-3-1-7(2-4-8)5-9-14-11(10(13)16)15-17-9/h1-4H,5H2,(H2,13,16). The highest BCUT2D eigenvalue weighted by atomic mass is 16.5. The van der Waals surface area contributed by atoms with Crippen LogP contribution in [0.2, 0.25) is 0 Å². The van der Waals surface area contributed by atoms with Crippen molar-refractivity contribution in [3.8, 4) is 6.07 Å². The third-order valence-corrected chi connectivity index (χ3v) is 2.13. The van der Waals surface area contributed by atoms with E-state index in [-0.39, 0.29) is 5.82 Å². The average molecular weight is 228 g/mol. The third-order valence-electron chi connectivity index (χ3n) is 2.13. The van der Waals surface area contributed by atoms with Crippen LogP contribution in [0.1, 0.15) is 27.6 Å². The van der Waals surface area contributed by atoms with E-state index in [1.54, 1.807) is 24.3 Å². The number of aromatic nitrogens is 2. The summed E-state index contributed by atoms with van der Waals surface area (Å²) in [5.41, 5.74) is 6.49. The SMILES string of the molecule is N#Cc1ccc(Cc2nc(C(N)=O)no2)cc1. The van der Waals surface area contributed by atoms with Gasteiger partial charge in [0.15, 0.2) is 0 Å². The number of amides is 1. The molecule has 6 nitrogen and oxygen atoms in total. The maximum atomic E-state index is 10.8. The quantitative estimate of drug-likeness (QED) is 0.829. The molecular formula is C11H8N4O2. The van der Waals surface area contributed by atoms with Crippen LogP contribution < -0.4 is 5.73 Å². The fraction of sp³-hybridized carbons (Fsp3) is 0.0909. The molecule has 0 radical (unpaired) electrons. The Morgan fingerprint density at radius 2 is 2.12 bits per heavy atom. The van der Waals surface area contributed by atoms with Crippen molar-refractivity contribution in [2.45, 2.75) is 6.42 Å². The molecule has 1 heterocycles. The van der Waals surface area contributed by atoms with E-state index in [2.05, 4.69) is 10.1 Å². The number of rotatable bonds is 3. The first kappa shape index (κ1) is 10.8. The largest absolute Gasteiger partial charge is 0.363 e. The van der Waals surface area contributed by atoms with Crippen LogP contribution in [-0.2, 0) is 6.42 Å². The van der Waals surface area contributed by atoms with Gasteiger partial charge in [0.1, 0.15) is 0 Å². The zero-order chi connectivity index (χ0) is 12.3. The molecule has 0 fully saturated rings. The maximum absolute atomic E-state index is 10.8. The van der Waals surface area contributed by atoms with E-state index in [1.807, 2.05) is 6.07 Å². The summed E-state index contributed by atoms with van der Waals surface area (Å²) >= 11 is 0. The Hall–Kier alpha value is -2.68. The minimum atomic E-state index is -0.722. The van der Waals surface area contributed by atoms with Crippen molar-refractivity contribution < 1.29 is 9.32 Å². The van der Waals surface area contributed by atoms with E-state index in [0.717, 1.165) is 5.56 Å². The molecular weight excluding hydrogens is 220 g/mol. The number of hydrogen-bond donors (Lipinski definition) is 1. The first-order valence-electron chi connectivity index (χ1n) is 4.80. The number of nitrogens with zero attached hydrogens (tertiary/aromatic N) is 3. The fourth-order valence-electron chi connectivity index (χ4n) is 1.30. The number of nitrogens with two attached hydrogens (primary N) is 1. The van der Waals surface area contributed by atoms with Crippen molar-refractivity contribution >= 4 is 5.91 Å². The predicted octanol–water partition coefficient (Wildman–Crippen LogP) is 0.631. The zero-order valence-electron chi connectivity index (χ0n) is 8.75. The van der Waals surface area contributed by atoms with Crippen molar-refractivity contribution in [1.82, 2.24) is 10.1 Å². The number of hydrogen-bond acceptors (Lipinski definition) is 5. The van der Waals surface area contributed by atoms with Crippen LogP contribution in [0.5, 0.6) is 0 Å². The monoisotopic (exact) mass is 228 g/mol. The normalized spacial score (nSPS) is 9.82. The molecule has 0 saturated heterocycles. The highest BCUT2D eigenvalue weighted by Crippen LogP contribution is 2.09. The lowest BCUT2D eigenvalue weighted by molar-refractivity contribution is 0.0987. The Labute approximate surface area is 96.7 Å². The third kappa shape index (κ3) is 2.46. The van der Waals surface area contributed by atoms with E-state index in [4.69, 9.17) is 15.5 Å². The smallest absolute Gasteiger partial charge is 0.290 e. The molecule has 0 aliphatic heterocycles. The number of primary amides is 1. The highest BCUT2D eigenvalue weighted by molar-refractivity contribution is 5.88. The highest BCUT2D eigenvalue weighted by Gasteiger charge is 2.11. The van der Waals surface area contributed by atoms with Gasteiger partial charge in [0.25, 0.3) is 11.7 Å². The van der Waals surface area contributed by atoms with Gasteiger partial charge in [-0.2, -0.15) is 10.2 Å². The van der Waals surface area contributed by atoms with Crippen LogP contribution in [0.4, 0.5) is 0 Å². The van der Waals surface area contributed by atoms with Gasteiger partial charge in [0, 0.05) is 0 Å². The van der Waals surface area contributed by atoms with Gasteiger partial charge in [-0.3, -0.25) is 4.79 Å². The van der Waals surface area contributed by atoms with Gasteiger partial charge in [-0.1, -0.05) is 17.3 Å². The van der Waals surface area contributed by atoms with Crippen LogP contribution >= 0.6 is 0 Å². The summed E-state index contributed by atoms with van der Waals surface area (Å²) in [5, 5.41) is 12.1. The summed E-state index contributed by atoms with van der Waals surface area (Å²) in [6, 6.07) is 8.98. The molecule has 1 aromatic heterocycles. The van der Waals surface area contributed by atoms with E-state index < -0.39 is 5.91 Å². The minimum absolute atomic E-state index is 0.131. The lowest BCUT2D eigenvalue weighted by Gasteiger charge is -1.95. The minimum Gasteiger partial charge on any atom is -0.363 e. The molecule has 0 spiro atoms. The van der Waals surface area contributed by atoms with E-state index >= 15 is 0 Å². The van der Waals surface area contributed by atoms with Crippen LogP contribution in [0.15, 0.2) is 28.8 Å².